The number of alkyl carbamates (subject to hydrolysis) is 1. The molecule has 8 heteroatoms. The van der Waals surface area contributed by atoms with Crippen LogP contribution in [-0.2, 0) is 20.7 Å². The highest BCUT2D eigenvalue weighted by Crippen LogP contribution is 2.29. The summed E-state index contributed by atoms with van der Waals surface area (Å²) < 4.78 is 10.8. The molecule has 0 saturated heterocycles. The molecule has 0 spiro atoms. The van der Waals surface area contributed by atoms with Crippen LogP contribution in [0.2, 0.25) is 0 Å². The van der Waals surface area contributed by atoms with Crippen molar-refractivity contribution >= 4 is 23.6 Å². The highest BCUT2D eigenvalue weighted by Gasteiger charge is 2.37. The maximum atomic E-state index is 14.6. The van der Waals surface area contributed by atoms with E-state index in [1.54, 1.807) is 57.0 Å². The van der Waals surface area contributed by atoms with Gasteiger partial charge in [-0.1, -0.05) is 61.9 Å². The van der Waals surface area contributed by atoms with E-state index >= 15 is 0 Å². The predicted octanol–water partition coefficient (Wildman–Crippen LogP) is 6.76. The van der Waals surface area contributed by atoms with Crippen LogP contribution in [0, 0.1) is 13.8 Å². The van der Waals surface area contributed by atoms with E-state index in [0.29, 0.717) is 24.4 Å². The Kier molecular flexibility index (Phi) is 11.8. The lowest BCUT2D eigenvalue weighted by Crippen LogP contribution is -2.53. The molecule has 0 aliphatic carbocycles. The van der Waals surface area contributed by atoms with Gasteiger partial charge in [0.25, 0.3) is 5.91 Å². The summed E-state index contributed by atoms with van der Waals surface area (Å²) in [4.78, 5) is 43.3. The lowest BCUT2D eigenvalue weighted by Gasteiger charge is -2.35. The molecule has 2 N–H and O–H groups in total. The van der Waals surface area contributed by atoms with E-state index < -0.39 is 23.8 Å². The van der Waals surface area contributed by atoms with Crippen LogP contribution in [0.5, 0.6) is 5.75 Å². The van der Waals surface area contributed by atoms with Crippen molar-refractivity contribution in [1.82, 2.24) is 10.2 Å². The topological polar surface area (TPSA) is 97.0 Å². The first-order valence-electron chi connectivity index (χ1n) is 14.8. The molecule has 2 atom stereocenters. The Morgan fingerprint density at radius 2 is 1.58 bits per heavy atom. The van der Waals surface area contributed by atoms with Gasteiger partial charge >= 0.3 is 6.09 Å². The van der Waals surface area contributed by atoms with Crippen LogP contribution in [0.15, 0.2) is 72.8 Å². The third-order valence-electron chi connectivity index (χ3n) is 7.17. The van der Waals surface area contributed by atoms with E-state index in [9.17, 15) is 14.4 Å². The fourth-order valence-corrected chi connectivity index (χ4v) is 4.80. The monoisotopic (exact) mass is 587 g/mol. The average Bonchev–Trinajstić information content (AvgIpc) is 2.96. The van der Waals surface area contributed by atoms with Gasteiger partial charge in [-0.05, 0) is 87.6 Å². The maximum Gasteiger partial charge on any atom is 0.408 e. The fraction of sp³-hybridized carbons (Fsp3) is 0.400. The van der Waals surface area contributed by atoms with E-state index in [2.05, 4.69) is 10.6 Å². The molecule has 43 heavy (non-hydrogen) atoms. The highest BCUT2D eigenvalue weighted by molar-refractivity contribution is 5.99. The molecule has 0 fully saturated rings. The molecule has 0 aliphatic heterocycles. The molecule has 2 unspecified atom stereocenters. The van der Waals surface area contributed by atoms with Crippen LogP contribution < -0.4 is 15.4 Å². The first-order chi connectivity index (χ1) is 20.4. The number of ether oxygens (including phenoxy) is 2. The van der Waals surface area contributed by atoms with Gasteiger partial charge in [-0.3, -0.25) is 9.59 Å². The van der Waals surface area contributed by atoms with Gasteiger partial charge in [0.2, 0.25) is 5.91 Å². The summed E-state index contributed by atoms with van der Waals surface area (Å²) in [6.45, 7) is 11.6. The lowest BCUT2D eigenvalue weighted by molar-refractivity contribution is -0.140. The van der Waals surface area contributed by atoms with Crippen LogP contribution in [0.4, 0.5) is 10.5 Å². The summed E-state index contributed by atoms with van der Waals surface area (Å²) in [5.41, 5.74) is 3.37. The summed E-state index contributed by atoms with van der Waals surface area (Å²) in [5.74, 6) is -0.0428. The molecule has 0 radical (unpaired) electrons. The van der Waals surface area contributed by atoms with Crippen molar-refractivity contribution < 1.29 is 23.9 Å². The number of carbonyl (C=O) groups is 3. The molecule has 230 valence electrons. The number of nitrogens with one attached hydrogen (secondary N) is 2. The number of rotatable bonds is 12. The number of amides is 3. The molecular formula is C35H45N3O5. The third kappa shape index (κ3) is 9.60. The Bertz CT molecular complexity index is 1370. The Labute approximate surface area is 255 Å². The molecular weight excluding hydrogens is 542 g/mol. The summed E-state index contributed by atoms with van der Waals surface area (Å²) in [7, 11) is 1.58. The molecule has 0 aliphatic rings. The number of hydrogen-bond donors (Lipinski definition) is 2. The van der Waals surface area contributed by atoms with Crippen molar-refractivity contribution in [2.75, 3.05) is 19.0 Å². The molecule has 0 bridgehead atoms. The van der Waals surface area contributed by atoms with Gasteiger partial charge in [-0.25, -0.2) is 4.79 Å². The minimum absolute atomic E-state index is 0.237. The molecule has 3 rings (SSSR count). The minimum atomic E-state index is -0.962. The lowest BCUT2D eigenvalue weighted by atomic mass is 9.94. The summed E-state index contributed by atoms with van der Waals surface area (Å²) in [5, 5.41) is 5.82. The molecule has 3 aromatic rings. The first-order valence-corrected chi connectivity index (χ1v) is 14.8. The van der Waals surface area contributed by atoms with E-state index in [4.69, 9.17) is 9.47 Å². The Morgan fingerprint density at radius 3 is 2.19 bits per heavy atom. The molecule has 8 nitrogen and oxygen atoms in total. The second-order valence-corrected chi connectivity index (χ2v) is 11.7. The number of aryl methyl sites for hydroxylation is 1. The predicted molar refractivity (Wildman–Crippen MR) is 170 cm³/mol. The number of anilines is 1. The van der Waals surface area contributed by atoms with Gasteiger partial charge in [0.05, 0.1) is 7.11 Å². The summed E-state index contributed by atoms with van der Waals surface area (Å²) in [6, 6.07) is 20.4. The Balaban J connectivity index is 2.08. The number of hydrogen-bond acceptors (Lipinski definition) is 5. The van der Waals surface area contributed by atoms with Crippen molar-refractivity contribution in [3.05, 3.63) is 95.1 Å². The highest BCUT2D eigenvalue weighted by atomic mass is 16.6. The van der Waals surface area contributed by atoms with E-state index in [-0.39, 0.29) is 18.2 Å². The van der Waals surface area contributed by atoms with Gasteiger partial charge in [0.1, 0.15) is 23.4 Å². The SMILES string of the molecule is CCCCN(C(=O)C(Cc1ccccc1)NC(=O)OC(C)(C)C)C(C(=O)Nc1ccc(OC)cc1)c1cccc(C)c1C. The van der Waals surface area contributed by atoms with E-state index in [0.717, 1.165) is 28.7 Å². The van der Waals surface area contributed by atoms with E-state index in [1.165, 1.54) is 0 Å². The van der Waals surface area contributed by atoms with Crippen molar-refractivity contribution in [3.63, 3.8) is 0 Å². The first kappa shape index (κ1) is 33.2. The van der Waals surface area contributed by atoms with Gasteiger partial charge in [0, 0.05) is 18.7 Å². The van der Waals surface area contributed by atoms with Crippen molar-refractivity contribution in [2.45, 2.75) is 78.5 Å². The molecule has 3 amide bonds. The van der Waals surface area contributed by atoms with Crippen molar-refractivity contribution in [3.8, 4) is 5.75 Å². The fourth-order valence-electron chi connectivity index (χ4n) is 4.80. The summed E-state index contributed by atoms with van der Waals surface area (Å²) in [6.07, 6.45) is 1.03. The van der Waals surface area contributed by atoms with Gasteiger partial charge in [-0.15, -0.1) is 0 Å². The minimum Gasteiger partial charge on any atom is -0.497 e. The number of nitrogens with zero attached hydrogens (tertiary/aromatic N) is 1. The van der Waals surface area contributed by atoms with Crippen LogP contribution >= 0.6 is 0 Å². The van der Waals surface area contributed by atoms with Crippen molar-refractivity contribution in [1.29, 1.82) is 0 Å². The van der Waals surface area contributed by atoms with Crippen LogP contribution in [0.25, 0.3) is 0 Å². The van der Waals surface area contributed by atoms with Gasteiger partial charge in [-0.2, -0.15) is 0 Å². The largest absolute Gasteiger partial charge is 0.497 e. The summed E-state index contributed by atoms with van der Waals surface area (Å²) >= 11 is 0. The third-order valence-corrected chi connectivity index (χ3v) is 7.17. The Hall–Kier alpha value is -4.33. The molecule has 0 aromatic heterocycles. The number of benzene rings is 3. The second kappa shape index (κ2) is 15.2. The Morgan fingerprint density at radius 1 is 0.907 bits per heavy atom. The maximum absolute atomic E-state index is 14.6. The average molecular weight is 588 g/mol. The smallest absolute Gasteiger partial charge is 0.408 e. The zero-order valence-electron chi connectivity index (χ0n) is 26.4. The zero-order chi connectivity index (χ0) is 31.6. The number of unbranched alkanes of at least 4 members (excludes halogenated alkanes) is 1. The quantitative estimate of drug-likeness (QED) is 0.244. The zero-order valence-corrected chi connectivity index (χ0v) is 26.4. The van der Waals surface area contributed by atoms with Gasteiger partial charge in [0.15, 0.2) is 0 Å². The molecule has 0 saturated carbocycles. The molecule has 3 aromatic carbocycles. The standard InChI is InChI=1S/C35H45N3O5/c1-8-9-22-38(33(40)30(23-26-15-11-10-12-16-26)37-34(41)43-35(4,5)6)31(29-17-13-14-24(2)25(29)3)32(39)36-27-18-20-28(42-7)21-19-27/h10-21,30-31H,8-9,22-23H2,1-7H3,(H,36,39)(H,37,41). The van der Waals surface area contributed by atoms with E-state index in [1.807, 2.05) is 69.3 Å². The van der Waals surface area contributed by atoms with Gasteiger partial charge < -0.3 is 25.0 Å². The van der Waals surface area contributed by atoms with Crippen LogP contribution in [0.3, 0.4) is 0 Å². The van der Waals surface area contributed by atoms with Crippen LogP contribution in [-0.4, -0.2) is 48.1 Å². The normalized spacial score (nSPS) is 12.5. The number of methoxy groups -OCH3 is 1. The van der Waals surface area contributed by atoms with Crippen LogP contribution in [0.1, 0.15) is 68.8 Å². The molecule has 0 heterocycles. The van der Waals surface area contributed by atoms with Crippen molar-refractivity contribution in [2.24, 2.45) is 0 Å². The number of carbonyl (C=O) groups excluding carboxylic acids is 3. The second-order valence-electron chi connectivity index (χ2n) is 11.7.